The largest absolute Gasteiger partial charge is 0.507 e. The number of benzene rings is 2. The zero-order valence-corrected chi connectivity index (χ0v) is 14.7. The summed E-state index contributed by atoms with van der Waals surface area (Å²) in [5, 5.41) is 22.5. The van der Waals surface area contributed by atoms with E-state index in [9.17, 15) is 19.4 Å². The molecule has 0 radical (unpaired) electrons. The number of nitrogens with one attached hydrogen (secondary N) is 1. The lowest BCUT2D eigenvalue weighted by Crippen LogP contribution is -2.11. The first-order chi connectivity index (χ1) is 11.9. The summed E-state index contributed by atoms with van der Waals surface area (Å²) in [6.07, 6.45) is 1.23. The molecule has 25 heavy (non-hydrogen) atoms. The predicted molar refractivity (Wildman–Crippen MR) is 93.7 cm³/mol. The second-order valence-corrected chi connectivity index (χ2v) is 5.86. The van der Waals surface area contributed by atoms with Crippen LogP contribution in [0.3, 0.4) is 0 Å². The molecule has 0 saturated heterocycles. The monoisotopic (exact) mass is 367 g/mol. The molecule has 3 rings (SSSR count). The Hall–Kier alpha value is -2.47. The normalized spacial score (nSPS) is 12.3. The van der Waals surface area contributed by atoms with E-state index in [0.29, 0.717) is 46.9 Å². The third kappa shape index (κ3) is 4.14. The molecule has 0 aliphatic carbocycles. The van der Waals surface area contributed by atoms with Gasteiger partial charge in [-0.1, -0.05) is 17.7 Å². The molecule has 7 heteroatoms. The Bertz CT molecular complexity index is 775. The van der Waals surface area contributed by atoms with Gasteiger partial charge in [-0.05, 0) is 31.0 Å². The number of aromatic hydroxyl groups is 2. The topological polar surface area (TPSA) is 78.8 Å². The van der Waals surface area contributed by atoms with Crippen LogP contribution in [0.1, 0.15) is 18.9 Å². The van der Waals surface area contributed by atoms with Gasteiger partial charge in [0, 0.05) is 30.7 Å². The molecular formula is C18H19ClFNO4. The van der Waals surface area contributed by atoms with Crippen LogP contribution in [0.15, 0.2) is 24.3 Å². The summed E-state index contributed by atoms with van der Waals surface area (Å²) < 4.78 is 19.4. The summed E-state index contributed by atoms with van der Waals surface area (Å²) in [6.45, 7) is 1.95. The van der Waals surface area contributed by atoms with E-state index in [2.05, 4.69) is 5.32 Å². The highest BCUT2D eigenvalue weighted by molar-refractivity contribution is 6.33. The molecule has 0 saturated carbocycles. The number of phenolic OH excluding ortho intramolecular Hbond substituents is 2. The Morgan fingerprint density at radius 1 is 1.36 bits per heavy atom. The van der Waals surface area contributed by atoms with Crippen molar-refractivity contribution in [3.8, 4) is 28.4 Å². The van der Waals surface area contributed by atoms with E-state index in [1.807, 2.05) is 0 Å². The molecule has 3 N–H and O–H groups in total. The van der Waals surface area contributed by atoms with E-state index in [4.69, 9.17) is 16.3 Å². The summed E-state index contributed by atoms with van der Waals surface area (Å²) in [5.41, 5.74) is 1.09. The van der Waals surface area contributed by atoms with Gasteiger partial charge in [0.15, 0.2) is 11.6 Å². The zero-order chi connectivity index (χ0) is 18.6. The molecule has 1 aliphatic heterocycles. The highest BCUT2D eigenvalue weighted by Gasteiger charge is 2.25. The maximum atomic E-state index is 13.9. The molecule has 0 spiro atoms. The van der Waals surface area contributed by atoms with Gasteiger partial charge in [-0.15, -0.1) is 0 Å². The van der Waals surface area contributed by atoms with Crippen LogP contribution in [0.5, 0.6) is 17.2 Å². The van der Waals surface area contributed by atoms with Gasteiger partial charge in [0.05, 0.1) is 11.6 Å². The zero-order valence-electron chi connectivity index (χ0n) is 13.9. The molecule has 0 atom stereocenters. The number of hydrogen-bond acceptors (Lipinski definition) is 4. The van der Waals surface area contributed by atoms with Gasteiger partial charge in [-0.25, -0.2) is 4.39 Å². The van der Waals surface area contributed by atoms with Crippen LogP contribution in [0, 0.1) is 5.82 Å². The summed E-state index contributed by atoms with van der Waals surface area (Å²) in [5.74, 6) is -0.805. The lowest BCUT2D eigenvalue weighted by molar-refractivity contribution is -0.118. The van der Waals surface area contributed by atoms with E-state index in [1.54, 1.807) is 19.2 Å². The molecule has 1 heterocycles. The van der Waals surface area contributed by atoms with E-state index >= 15 is 0 Å². The molecule has 2 aromatic carbocycles. The van der Waals surface area contributed by atoms with Crippen LogP contribution in [-0.2, 0) is 11.2 Å². The van der Waals surface area contributed by atoms with Crippen molar-refractivity contribution in [2.75, 3.05) is 13.7 Å². The second kappa shape index (κ2) is 8.07. The molecule has 134 valence electrons. The van der Waals surface area contributed by atoms with Gasteiger partial charge in [-0.2, -0.15) is 0 Å². The van der Waals surface area contributed by atoms with Crippen molar-refractivity contribution in [2.45, 2.75) is 19.8 Å². The van der Waals surface area contributed by atoms with Gasteiger partial charge >= 0.3 is 0 Å². The molecule has 5 nitrogen and oxygen atoms in total. The number of carbonyl (C=O) groups excluding carboxylic acids is 1. The van der Waals surface area contributed by atoms with Crippen molar-refractivity contribution in [1.82, 2.24) is 5.32 Å². The average Bonchev–Trinajstić information content (AvgIpc) is 2.59. The maximum Gasteiger partial charge on any atom is 0.216 e. The van der Waals surface area contributed by atoms with Gasteiger partial charge in [0.1, 0.15) is 11.5 Å². The van der Waals surface area contributed by atoms with Crippen LogP contribution in [0.2, 0.25) is 5.02 Å². The van der Waals surface area contributed by atoms with Crippen molar-refractivity contribution in [3.63, 3.8) is 0 Å². The molecule has 1 aliphatic rings. The van der Waals surface area contributed by atoms with E-state index in [1.165, 1.54) is 13.0 Å². The third-order valence-corrected chi connectivity index (χ3v) is 4.05. The van der Waals surface area contributed by atoms with Crippen molar-refractivity contribution < 1.29 is 24.1 Å². The Balaban J connectivity index is 0.000000399. The molecule has 0 aromatic heterocycles. The number of rotatable bonds is 1. The number of amides is 1. The first-order valence-corrected chi connectivity index (χ1v) is 8.07. The van der Waals surface area contributed by atoms with Crippen LogP contribution >= 0.6 is 11.6 Å². The molecule has 0 bridgehead atoms. The first-order valence-electron chi connectivity index (χ1n) is 7.70. The number of carbonyl (C=O) groups is 1. The fraction of sp³-hybridized carbons (Fsp3) is 0.278. The molecule has 0 unspecified atom stereocenters. The molecule has 2 aromatic rings. The Morgan fingerprint density at radius 2 is 2.04 bits per heavy atom. The number of ether oxygens (including phenoxy) is 1. The van der Waals surface area contributed by atoms with E-state index in [-0.39, 0.29) is 11.7 Å². The van der Waals surface area contributed by atoms with Crippen LogP contribution < -0.4 is 10.1 Å². The van der Waals surface area contributed by atoms with Crippen LogP contribution in [-0.4, -0.2) is 29.8 Å². The summed E-state index contributed by atoms with van der Waals surface area (Å²) in [4.78, 5) is 9.70. The van der Waals surface area contributed by atoms with Crippen LogP contribution in [0.25, 0.3) is 11.1 Å². The van der Waals surface area contributed by atoms with E-state index in [0.717, 1.165) is 6.07 Å². The molecular weight excluding hydrogens is 349 g/mol. The van der Waals surface area contributed by atoms with Crippen LogP contribution in [0.4, 0.5) is 4.39 Å². The lowest BCUT2D eigenvalue weighted by Gasteiger charge is -2.22. The number of hydrogen-bond donors (Lipinski definition) is 3. The average molecular weight is 368 g/mol. The minimum atomic E-state index is -0.747. The fourth-order valence-electron chi connectivity index (χ4n) is 2.46. The predicted octanol–water partition coefficient (Wildman–Crippen LogP) is 3.63. The van der Waals surface area contributed by atoms with E-state index < -0.39 is 11.6 Å². The number of fused-ring (bicyclic) bond motifs is 1. The Morgan fingerprint density at radius 3 is 2.64 bits per heavy atom. The van der Waals surface area contributed by atoms with Crippen molar-refractivity contribution in [1.29, 1.82) is 0 Å². The Labute approximate surface area is 150 Å². The standard InChI is InChI=1S/C15H12ClFO3.C3H7NO/c16-10-4-1-5-12(18)13(10)9-7-11(17)14(19)8-3-2-6-20-15(8)9;1-3(5)4-2/h1,4-5,7,18-19H,2-3,6H2;1-2H3,(H,4,5). The minimum absolute atomic E-state index is 0.00463. The molecule has 1 amide bonds. The lowest BCUT2D eigenvalue weighted by atomic mass is 9.96. The van der Waals surface area contributed by atoms with Gasteiger partial charge in [0.25, 0.3) is 0 Å². The van der Waals surface area contributed by atoms with Crippen molar-refractivity contribution in [3.05, 3.63) is 40.7 Å². The van der Waals surface area contributed by atoms with Crippen molar-refractivity contribution in [2.24, 2.45) is 0 Å². The fourth-order valence-corrected chi connectivity index (χ4v) is 2.73. The SMILES string of the molecule is CNC(C)=O.Oc1cccc(Cl)c1-c1cc(F)c(O)c2c1OCCC2. The quantitative estimate of drug-likeness (QED) is 0.719. The minimum Gasteiger partial charge on any atom is -0.507 e. The number of phenols is 2. The third-order valence-electron chi connectivity index (χ3n) is 3.73. The summed E-state index contributed by atoms with van der Waals surface area (Å²) >= 11 is 6.10. The molecule has 0 fully saturated rings. The maximum absolute atomic E-state index is 13.9. The van der Waals surface area contributed by atoms with Gasteiger partial charge in [-0.3, -0.25) is 4.79 Å². The summed E-state index contributed by atoms with van der Waals surface area (Å²) in [6, 6.07) is 5.82. The highest BCUT2D eigenvalue weighted by Crippen LogP contribution is 2.47. The summed E-state index contributed by atoms with van der Waals surface area (Å²) in [7, 11) is 1.60. The van der Waals surface area contributed by atoms with Gasteiger partial charge in [0.2, 0.25) is 5.91 Å². The van der Waals surface area contributed by atoms with Crippen molar-refractivity contribution >= 4 is 17.5 Å². The second-order valence-electron chi connectivity index (χ2n) is 5.45. The first kappa shape index (κ1) is 18.9. The Kier molecular flexibility index (Phi) is 6.09. The highest BCUT2D eigenvalue weighted by atomic mass is 35.5. The smallest absolute Gasteiger partial charge is 0.216 e. The van der Waals surface area contributed by atoms with Gasteiger partial charge < -0.3 is 20.3 Å². The number of halogens is 2.